The minimum absolute atomic E-state index is 0.581. The van der Waals surface area contributed by atoms with Gasteiger partial charge in [-0.05, 0) is 85.3 Å². The van der Waals surface area contributed by atoms with Crippen LogP contribution in [-0.2, 0) is 0 Å². The molecule has 0 atom stereocenters. The van der Waals surface area contributed by atoms with E-state index in [1.54, 1.807) is 0 Å². The summed E-state index contributed by atoms with van der Waals surface area (Å²) in [6.07, 6.45) is 0. The van der Waals surface area contributed by atoms with Gasteiger partial charge in [-0.25, -0.2) is 0 Å². The fraction of sp³-hybridized carbons (Fsp3) is 0.0833. The summed E-state index contributed by atoms with van der Waals surface area (Å²) in [5, 5.41) is 4.21. The van der Waals surface area contributed by atoms with E-state index in [-0.39, 0.29) is 0 Å². The Labute approximate surface area is 176 Å². The molecule has 0 fully saturated rings. The highest BCUT2D eigenvalue weighted by Gasteiger charge is 2.22. The number of rotatable bonds is 4. The molecule has 4 aromatic rings. The van der Waals surface area contributed by atoms with E-state index in [0.29, 0.717) is 0 Å². The van der Waals surface area contributed by atoms with Gasteiger partial charge in [-0.15, -0.1) is 0 Å². The van der Waals surface area contributed by atoms with Crippen LogP contribution in [0.3, 0.4) is 0 Å². The van der Waals surface area contributed by atoms with Crippen molar-refractivity contribution in [3.8, 4) is 5.69 Å². The number of aryl methyl sites for hydroxylation is 1. The van der Waals surface area contributed by atoms with Crippen LogP contribution >= 0.6 is 30.5 Å². The zero-order valence-electron chi connectivity index (χ0n) is 15.4. The average Bonchev–Trinajstić information content (AvgIpc) is 2.99. The van der Waals surface area contributed by atoms with Crippen molar-refractivity contribution in [2.75, 3.05) is 0 Å². The van der Waals surface area contributed by atoms with Gasteiger partial charge in [0.15, 0.2) is 0 Å². The Kier molecular flexibility index (Phi) is 5.47. The molecule has 0 N–H and O–H groups in total. The van der Waals surface area contributed by atoms with Crippen molar-refractivity contribution >= 4 is 46.4 Å². The summed E-state index contributed by atoms with van der Waals surface area (Å²) >= 11 is 2.36. The predicted molar refractivity (Wildman–Crippen MR) is 127 cm³/mol. The second-order valence-corrected chi connectivity index (χ2v) is 10.0. The smallest absolute Gasteiger partial charge is 0.0455 e. The molecule has 3 heteroatoms. The number of nitrogens with zero attached hydrogens (tertiary/aromatic N) is 1. The zero-order valence-corrected chi connectivity index (χ0v) is 18.5. The van der Waals surface area contributed by atoms with E-state index in [2.05, 4.69) is 132 Å². The molecule has 0 spiro atoms. The zero-order chi connectivity index (χ0) is 18.8. The van der Waals surface area contributed by atoms with Crippen LogP contribution in [0.15, 0.2) is 91.0 Å². The van der Waals surface area contributed by atoms with E-state index in [4.69, 9.17) is 0 Å². The third-order valence-corrected chi connectivity index (χ3v) is 8.04. The largest absolute Gasteiger partial charge is 0.318 e. The Bertz CT molecular complexity index is 998. The highest BCUT2D eigenvalue weighted by molar-refractivity contribution is 14.1. The van der Waals surface area contributed by atoms with Crippen LogP contribution in [0, 0.1) is 17.4 Å². The fourth-order valence-corrected chi connectivity index (χ4v) is 6.44. The second kappa shape index (κ2) is 8.00. The molecule has 0 aliphatic rings. The highest BCUT2D eigenvalue weighted by Crippen LogP contribution is 2.35. The molecule has 134 valence electrons. The standard InChI is InChI=1S/C24H21INP/c1-18-17-24(19(2)26(18)21-15-13-20(25)14-16-21)27(22-9-5-3-6-10-22)23-11-7-4-8-12-23/h3-17H,1-2H3. The molecule has 1 nitrogen and oxygen atoms in total. The van der Waals surface area contributed by atoms with E-state index in [1.165, 1.54) is 36.6 Å². The first-order valence-electron chi connectivity index (χ1n) is 9.00. The predicted octanol–water partition coefficient (Wildman–Crippen LogP) is 5.46. The minimum atomic E-state index is -0.581. The molecule has 1 heterocycles. The van der Waals surface area contributed by atoms with Gasteiger partial charge in [0.2, 0.25) is 0 Å². The summed E-state index contributed by atoms with van der Waals surface area (Å²) in [7, 11) is -0.581. The van der Waals surface area contributed by atoms with Crippen molar-refractivity contribution in [1.82, 2.24) is 4.57 Å². The maximum atomic E-state index is 2.38. The van der Waals surface area contributed by atoms with Gasteiger partial charge in [-0.3, -0.25) is 0 Å². The van der Waals surface area contributed by atoms with Crippen LogP contribution in [0.1, 0.15) is 11.4 Å². The maximum Gasteiger partial charge on any atom is 0.0455 e. The monoisotopic (exact) mass is 481 g/mol. The lowest BCUT2D eigenvalue weighted by Gasteiger charge is -2.19. The Balaban J connectivity index is 1.89. The van der Waals surface area contributed by atoms with Gasteiger partial charge in [0, 0.05) is 25.9 Å². The van der Waals surface area contributed by atoms with Crippen molar-refractivity contribution in [3.63, 3.8) is 0 Å². The van der Waals surface area contributed by atoms with Gasteiger partial charge in [0.1, 0.15) is 0 Å². The normalized spacial score (nSPS) is 11.1. The number of benzene rings is 3. The van der Waals surface area contributed by atoms with Gasteiger partial charge >= 0.3 is 0 Å². The molecular formula is C24H21INP. The lowest BCUT2D eigenvalue weighted by Crippen LogP contribution is -2.21. The van der Waals surface area contributed by atoms with Gasteiger partial charge in [-0.2, -0.15) is 0 Å². The van der Waals surface area contributed by atoms with Crippen LogP contribution in [0.5, 0.6) is 0 Å². The van der Waals surface area contributed by atoms with Crippen molar-refractivity contribution < 1.29 is 0 Å². The van der Waals surface area contributed by atoms with E-state index in [0.717, 1.165) is 0 Å². The van der Waals surface area contributed by atoms with Gasteiger partial charge < -0.3 is 4.57 Å². The van der Waals surface area contributed by atoms with Crippen molar-refractivity contribution in [2.45, 2.75) is 13.8 Å². The fourth-order valence-electron chi connectivity index (χ4n) is 3.54. The lowest BCUT2D eigenvalue weighted by molar-refractivity contribution is 0.968. The first-order valence-corrected chi connectivity index (χ1v) is 11.4. The Morgan fingerprint density at radius 2 is 1.22 bits per heavy atom. The number of hydrogen-bond donors (Lipinski definition) is 0. The van der Waals surface area contributed by atoms with E-state index in [9.17, 15) is 0 Å². The summed E-state index contributed by atoms with van der Waals surface area (Å²) in [4.78, 5) is 0. The topological polar surface area (TPSA) is 4.93 Å². The number of aromatic nitrogens is 1. The lowest BCUT2D eigenvalue weighted by atomic mass is 10.3. The summed E-state index contributed by atoms with van der Waals surface area (Å²) in [6, 6.07) is 32.9. The molecule has 3 aromatic carbocycles. The van der Waals surface area contributed by atoms with E-state index in [1.807, 2.05) is 0 Å². The highest BCUT2D eigenvalue weighted by atomic mass is 127. The first kappa shape index (κ1) is 18.5. The molecule has 1 aromatic heterocycles. The van der Waals surface area contributed by atoms with Crippen molar-refractivity contribution in [1.29, 1.82) is 0 Å². The summed E-state index contributed by atoms with van der Waals surface area (Å²) < 4.78 is 3.64. The Hall–Kier alpha value is -1.90. The van der Waals surface area contributed by atoms with E-state index >= 15 is 0 Å². The summed E-state index contributed by atoms with van der Waals surface area (Å²) in [5.74, 6) is 0. The molecule has 0 bridgehead atoms. The summed E-state index contributed by atoms with van der Waals surface area (Å²) in [6.45, 7) is 4.46. The van der Waals surface area contributed by atoms with Crippen molar-refractivity contribution in [2.24, 2.45) is 0 Å². The number of halogens is 1. The van der Waals surface area contributed by atoms with E-state index < -0.39 is 7.92 Å². The molecule has 0 radical (unpaired) electrons. The maximum absolute atomic E-state index is 2.38. The molecule has 27 heavy (non-hydrogen) atoms. The third-order valence-electron chi connectivity index (χ3n) is 4.76. The van der Waals surface area contributed by atoms with Gasteiger partial charge in [-0.1, -0.05) is 60.7 Å². The Morgan fingerprint density at radius 3 is 1.74 bits per heavy atom. The molecular weight excluding hydrogens is 460 g/mol. The minimum Gasteiger partial charge on any atom is -0.318 e. The number of hydrogen-bond acceptors (Lipinski definition) is 0. The average molecular weight is 481 g/mol. The SMILES string of the molecule is Cc1cc(P(c2ccccc2)c2ccccc2)c(C)n1-c1ccc(I)cc1. The van der Waals surface area contributed by atoms with Crippen molar-refractivity contribution in [3.05, 3.63) is 106 Å². The second-order valence-electron chi connectivity index (χ2n) is 6.57. The molecule has 0 amide bonds. The van der Waals surface area contributed by atoms with Gasteiger partial charge in [0.25, 0.3) is 0 Å². The summed E-state index contributed by atoms with van der Waals surface area (Å²) in [5.41, 5.74) is 3.84. The Morgan fingerprint density at radius 1 is 0.704 bits per heavy atom. The molecule has 0 saturated carbocycles. The molecule has 0 unspecified atom stereocenters. The molecule has 4 rings (SSSR count). The van der Waals surface area contributed by atoms with Gasteiger partial charge in [0.05, 0.1) is 0 Å². The third kappa shape index (κ3) is 3.74. The molecule has 0 aliphatic heterocycles. The first-order chi connectivity index (χ1) is 13.1. The van der Waals surface area contributed by atoms with Crippen LogP contribution in [0.2, 0.25) is 0 Å². The van der Waals surface area contributed by atoms with Crippen LogP contribution in [-0.4, -0.2) is 4.57 Å². The quantitative estimate of drug-likeness (QED) is 0.270. The molecule has 0 aliphatic carbocycles. The van der Waals surface area contributed by atoms with Crippen LogP contribution in [0.4, 0.5) is 0 Å². The van der Waals surface area contributed by atoms with Crippen LogP contribution < -0.4 is 15.9 Å². The molecule has 0 saturated heterocycles. The van der Waals surface area contributed by atoms with Crippen LogP contribution in [0.25, 0.3) is 5.69 Å².